The number of aromatic amines is 1. The Hall–Kier alpha value is -3.15. The molecule has 6 nitrogen and oxygen atoms in total. The summed E-state index contributed by atoms with van der Waals surface area (Å²) in [6.45, 7) is 0. The maximum atomic E-state index is 12.7. The molecule has 1 aromatic carbocycles. The van der Waals surface area contributed by atoms with E-state index < -0.39 is 0 Å². The van der Waals surface area contributed by atoms with Gasteiger partial charge in [0, 0.05) is 30.8 Å². The average molecular weight is 323 g/mol. The number of H-pyrrole nitrogens is 1. The fraction of sp³-hybridized carbons (Fsp3) is 0.167. The second kappa shape index (κ2) is 6.54. The van der Waals surface area contributed by atoms with Crippen LogP contribution in [-0.2, 0) is 13.5 Å². The lowest BCUT2D eigenvalue weighted by molar-refractivity contribution is 0.103. The molecule has 0 unspecified atom stereocenters. The number of carbonyl (C=O) groups is 1. The lowest BCUT2D eigenvalue weighted by Gasteiger charge is -2.07. The molecule has 0 saturated heterocycles. The summed E-state index contributed by atoms with van der Waals surface area (Å²) < 4.78 is 6.96. The molecule has 1 N–H and O–H groups in total. The van der Waals surface area contributed by atoms with Crippen molar-refractivity contribution in [2.75, 3.05) is 7.11 Å². The lowest BCUT2D eigenvalue weighted by atomic mass is 10.1. The van der Waals surface area contributed by atoms with Gasteiger partial charge in [0.1, 0.15) is 5.75 Å². The average Bonchev–Trinajstić information content (AvgIpc) is 2.97. The highest BCUT2D eigenvalue weighted by atomic mass is 16.5. The molecule has 0 saturated carbocycles. The third-order valence-corrected chi connectivity index (χ3v) is 3.91. The van der Waals surface area contributed by atoms with Crippen LogP contribution in [0.5, 0.6) is 5.75 Å². The van der Waals surface area contributed by atoms with Crippen molar-refractivity contribution in [1.82, 2.24) is 14.8 Å². The number of carbonyl (C=O) groups excluding carboxylic acids is 1. The molecule has 24 heavy (non-hydrogen) atoms. The van der Waals surface area contributed by atoms with Gasteiger partial charge in [0.2, 0.25) is 5.78 Å². The summed E-state index contributed by atoms with van der Waals surface area (Å²) in [6, 6.07) is 13.8. The maximum Gasteiger partial charge on any atom is 0.264 e. The number of benzene rings is 1. The Bertz CT molecular complexity index is 903. The van der Waals surface area contributed by atoms with Crippen molar-refractivity contribution in [3.05, 3.63) is 81.5 Å². The van der Waals surface area contributed by atoms with Gasteiger partial charge in [0.05, 0.1) is 18.5 Å². The zero-order valence-electron chi connectivity index (χ0n) is 13.4. The molecule has 3 rings (SSSR count). The van der Waals surface area contributed by atoms with Crippen LogP contribution in [0.15, 0.2) is 53.3 Å². The largest absolute Gasteiger partial charge is 0.497 e. The summed E-state index contributed by atoms with van der Waals surface area (Å²) in [5, 5.41) is 6.41. The number of aromatic nitrogens is 3. The first-order valence-corrected chi connectivity index (χ1v) is 7.46. The lowest BCUT2D eigenvalue weighted by Crippen LogP contribution is -2.11. The molecule has 0 fully saturated rings. The number of nitrogens with zero attached hydrogens (tertiary/aromatic N) is 2. The summed E-state index contributed by atoms with van der Waals surface area (Å²) in [6.07, 6.45) is 0.531. The van der Waals surface area contributed by atoms with Crippen LogP contribution in [0.4, 0.5) is 0 Å². The molecule has 0 bridgehead atoms. The highest BCUT2D eigenvalue weighted by molar-refractivity contribution is 6.08. The van der Waals surface area contributed by atoms with Crippen molar-refractivity contribution in [3.63, 3.8) is 0 Å². The number of ketones is 1. The topological polar surface area (TPSA) is 77.0 Å². The SMILES string of the molecule is COc1ccc(C(=O)c2ccc(Cc3ccc(=O)[nH]n3)n2C)cc1. The van der Waals surface area contributed by atoms with Gasteiger partial charge in [-0.15, -0.1) is 0 Å². The van der Waals surface area contributed by atoms with E-state index in [1.165, 1.54) is 6.07 Å². The molecule has 0 radical (unpaired) electrons. The molecular formula is C18H17N3O3. The summed E-state index contributed by atoms with van der Waals surface area (Å²) >= 11 is 0. The number of rotatable bonds is 5. The van der Waals surface area contributed by atoms with E-state index in [0.717, 1.165) is 11.4 Å². The minimum absolute atomic E-state index is 0.0548. The molecule has 6 heteroatoms. The van der Waals surface area contributed by atoms with E-state index in [0.29, 0.717) is 23.4 Å². The van der Waals surface area contributed by atoms with E-state index in [9.17, 15) is 9.59 Å². The van der Waals surface area contributed by atoms with Gasteiger partial charge in [0.15, 0.2) is 0 Å². The first-order valence-electron chi connectivity index (χ1n) is 7.46. The molecule has 2 aromatic heterocycles. The van der Waals surface area contributed by atoms with E-state index in [1.54, 1.807) is 43.5 Å². The van der Waals surface area contributed by atoms with Gasteiger partial charge in [0.25, 0.3) is 5.56 Å². The Labute approximate surface area is 138 Å². The summed E-state index contributed by atoms with van der Waals surface area (Å²) in [4.78, 5) is 23.7. The van der Waals surface area contributed by atoms with Crippen molar-refractivity contribution in [2.24, 2.45) is 7.05 Å². The predicted octanol–water partition coefficient (Wildman–Crippen LogP) is 1.94. The minimum atomic E-state index is -0.235. The van der Waals surface area contributed by atoms with Crippen LogP contribution in [-0.4, -0.2) is 27.7 Å². The monoisotopic (exact) mass is 323 g/mol. The smallest absolute Gasteiger partial charge is 0.264 e. The van der Waals surface area contributed by atoms with E-state index in [1.807, 2.05) is 17.7 Å². The van der Waals surface area contributed by atoms with Crippen molar-refractivity contribution < 1.29 is 9.53 Å². The molecule has 0 atom stereocenters. The molecule has 2 heterocycles. The Kier molecular flexibility index (Phi) is 4.29. The van der Waals surface area contributed by atoms with Crippen LogP contribution in [0.3, 0.4) is 0 Å². The molecule has 0 aliphatic heterocycles. The second-order valence-electron chi connectivity index (χ2n) is 5.42. The summed E-state index contributed by atoms with van der Waals surface area (Å²) in [7, 11) is 3.43. The van der Waals surface area contributed by atoms with Gasteiger partial charge in [-0.25, -0.2) is 5.10 Å². The van der Waals surface area contributed by atoms with Crippen molar-refractivity contribution in [1.29, 1.82) is 0 Å². The molecule has 0 aliphatic rings. The van der Waals surface area contributed by atoms with Gasteiger partial charge < -0.3 is 9.30 Å². The normalized spacial score (nSPS) is 10.6. The third-order valence-electron chi connectivity index (χ3n) is 3.91. The highest BCUT2D eigenvalue weighted by Gasteiger charge is 2.15. The highest BCUT2D eigenvalue weighted by Crippen LogP contribution is 2.17. The van der Waals surface area contributed by atoms with Gasteiger partial charge in [-0.1, -0.05) is 0 Å². The third kappa shape index (κ3) is 3.12. The fourth-order valence-corrected chi connectivity index (χ4v) is 2.51. The van der Waals surface area contributed by atoms with Gasteiger partial charge in [-0.3, -0.25) is 9.59 Å². The van der Waals surface area contributed by atoms with Crippen LogP contribution in [0.2, 0.25) is 0 Å². The molecule has 122 valence electrons. The summed E-state index contributed by atoms with van der Waals surface area (Å²) in [5.41, 5.74) is 2.64. The zero-order valence-corrected chi connectivity index (χ0v) is 13.4. The Morgan fingerprint density at radius 2 is 1.88 bits per heavy atom. The fourth-order valence-electron chi connectivity index (χ4n) is 2.51. The summed E-state index contributed by atoms with van der Waals surface area (Å²) in [5.74, 6) is 0.657. The Balaban J connectivity index is 1.84. The zero-order chi connectivity index (χ0) is 17.1. The first kappa shape index (κ1) is 15.7. The van der Waals surface area contributed by atoms with Crippen molar-refractivity contribution >= 4 is 5.78 Å². The van der Waals surface area contributed by atoms with E-state index in [-0.39, 0.29) is 11.3 Å². The number of hydrogen-bond acceptors (Lipinski definition) is 4. The number of methoxy groups -OCH3 is 1. The molecule has 3 aromatic rings. The van der Waals surface area contributed by atoms with Gasteiger partial charge in [-0.05, 0) is 42.5 Å². The van der Waals surface area contributed by atoms with Crippen LogP contribution in [0.1, 0.15) is 27.4 Å². The van der Waals surface area contributed by atoms with E-state index in [4.69, 9.17) is 4.74 Å². The van der Waals surface area contributed by atoms with E-state index >= 15 is 0 Å². The maximum absolute atomic E-state index is 12.7. The van der Waals surface area contributed by atoms with Crippen LogP contribution in [0, 0.1) is 0 Å². The standard InChI is InChI=1S/C18H17N3O3/c1-21-14(11-13-5-10-17(22)20-19-13)6-9-16(21)18(23)12-3-7-15(24-2)8-4-12/h3-10H,11H2,1-2H3,(H,20,22). The van der Waals surface area contributed by atoms with E-state index in [2.05, 4.69) is 10.2 Å². The van der Waals surface area contributed by atoms with Gasteiger partial charge >= 0.3 is 0 Å². The number of nitrogens with one attached hydrogen (secondary N) is 1. The van der Waals surface area contributed by atoms with Crippen molar-refractivity contribution in [2.45, 2.75) is 6.42 Å². The molecular weight excluding hydrogens is 306 g/mol. The van der Waals surface area contributed by atoms with Crippen molar-refractivity contribution in [3.8, 4) is 5.75 Å². The Morgan fingerprint density at radius 3 is 2.50 bits per heavy atom. The predicted molar refractivity (Wildman–Crippen MR) is 89.5 cm³/mol. The Morgan fingerprint density at radius 1 is 1.12 bits per heavy atom. The van der Waals surface area contributed by atoms with Crippen LogP contribution < -0.4 is 10.3 Å². The molecule has 0 amide bonds. The number of hydrogen-bond donors (Lipinski definition) is 1. The van der Waals surface area contributed by atoms with Gasteiger partial charge in [-0.2, -0.15) is 5.10 Å². The second-order valence-corrected chi connectivity index (χ2v) is 5.42. The minimum Gasteiger partial charge on any atom is -0.497 e. The first-order chi connectivity index (χ1) is 11.6. The van der Waals surface area contributed by atoms with Crippen LogP contribution >= 0.6 is 0 Å². The molecule has 0 aliphatic carbocycles. The van der Waals surface area contributed by atoms with Crippen LogP contribution in [0.25, 0.3) is 0 Å². The number of ether oxygens (including phenoxy) is 1. The molecule has 0 spiro atoms. The quantitative estimate of drug-likeness (QED) is 0.728.